The Hall–Kier alpha value is -3.44. The number of benzene rings is 1. The van der Waals surface area contributed by atoms with E-state index in [4.69, 9.17) is 24.2 Å². The van der Waals surface area contributed by atoms with Crippen molar-refractivity contribution in [3.05, 3.63) is 41.5 Å². The third-order valence-electron chi connectivity index (χ3n) is 10.2. The summed E-state index contributed by atoms with van der Waals surface area (Å²) < 4.78 is 16.5. The topological polar surface area (TPSA) is 95.1 Å². The summed E-state index contributed by atoms with van der Waals surface area (Å²) in [7, 11) is -0.177. The number of imidazole rings is 1. The summed E-state index contributed by atoms with van der Waals surface area (Å²) in [6, 6.07) is 4.83. The van der Waals surface area contributed by atoms with E-state index in [1.54, 1.807) is 7.11 Å². The summed E-state index contributed by atoms with van der Waals surface area (Å²) >= 11 is 0. The quantitative estimate of drug-likeness (QED) is 0.194. The van der Waals surface area contributed by atoms with Crippen LogP contribution in [0.5, 0.6) is 5.75 Å². The van der Waals surface area contributed by atoms with Gasteiger partial charge in [-0.15, -0.1) is 0 Å². The van der Waals surface area contributed by atoms with Gasteiger partial charge in [-0.05, 0) is 88.2 Å². The van der Waals surface area contributed by atoms with Crippen molar-refractivity contribution in [2.24, 2.45) is 0 Å². The van der Waals surface area contributed by atoms with E-state index in [1.807, 2.05) is 23.2 Å². The van der Waals surface area contributed by atoms with E-state index in [0.717, 1.165) is 71.8 Å². The molecule has 0 unspecified atom stereocenters. The van der Waals surface area contributed by atoms with Gasteiger partial charge in [-0.1, -0.05) is 20.8 Å². The molecule has 11 heteroatoms. The van der Waals surface area contributed by atoms with Crippen molar-refractivity contribution in [3.8, 4) is 11.4 Å². The molecule has 236 valence electrons. The summed E-state index contributed by atoms with van der Waals surface area (Å²) in [5, 5.41) is 9.66. The number of aryl methyl sites for hydroxylation is 2. The van der Waals surface area contributed by atoms with E-state index in [-0.39, 0.29) is 11.1 Å². The smallest absolute Gasteiger partial charge is 0.232 e. The molecule has 3 aromatic heterocycles. The fraction of sp³-hybridized carbons (Fsp3) is 0.576. The monoisotopic (exact) mass is 616 g/mol. The molecular formula is C33H48N8O2Si. The molecule has 0 bridgehead atoms. The van der Waals surface area contributed by atoms with Crippen molar-refractivity contribution in [3.63, 3.8) is 0 Å². The molecule has 2 aliphatic rings. The van der Waals surface area contributed by atoms with Gasteiger partial charge in [0.15, 0.2) is 19.8 Å². The number of hydrogen-bond donors (Lipinski definition) is 1. The second-order valence-corrected chi connectivity index (χ2v) is 18.9. The molecule has 2 fully saturated rings. The number of methoxy groups -OCH3 is 1. The predicted octanol–water partition coefficient (Wildman–Crippen LogP) is 7.41. The van der Waals surface area contributed by atoms with Crippen LogP contribution in [0.2, 0.25) is 18.1 Å². The lowest BCUT2D eigenvalue weighted by atomic mass is 9.93. The summed E-state index contributed by atoms with van der Waals surface area (Å²) in [4.78, 5) is 17.3. The molecule has 1 N–H and O–H groups in total. The van der Waals surface area contributed by atoms with Crippen molar-refractivity contribution >= 4 is 36.9 Å². The second-order valence-electron chi connectivity index (χ2n) is 14.1. The fourth-order valence-corrected chi connectivity index (χ4v) is 7.00. The lowest BCUT2D eigenvalue weighted by molar-refractivity contribution is 0.263. The van der Waals surface area contributed by atoms with Gasteiger partial charge < -0.3 is 23.9 Å². The van der Waals surface area contributed by atoms with Gasteiger partial charge in [-0.25, -0.2) is 9.67 Å². The van der Waals surface area contributed by atoms with Crippen LogP contribution in [0.3, 0.4) is 0 Å². The van der Waals surface area contributed by atoms with Crippen LogP contribution >= 0.6 is 0 Å². The Morgan fingerprint density at radius 3 is 2.50 bits per heavy atom. The van der Waals surface area contributed by atoms with Gasteiger partial charge >= 0.3 is 0 Å². The fourth-order valence-electron chi connectivity index (χ4n) is 5.96. The first-order chi connectivity index (χ1) is 20.9. The van der Waals surface area contributed by atoms with E-state index in [1.165, 1.54) is 12.0 Å². The van der Waals surface area contributed by atoms with Crippen LogP contribution in [-0.4, -0.2) is 63.9 Å². The average molecular weight is 617 g/mol. The Kier molecular flexibility index (Phi) is 7.98. The molecule has 4 heterocycles. The van der Waals surface area contributed by atoms with Crippen molar-refractivity contribution in [1.29, 1.82) is 0 Å². The Bertz CT molecular complexity index is 1670. The molecule has 4 aromatic rings. The van der Waals surface area contributed by atoms with E-state index >= 15 is 0 Å². The van der Waals surface area contributed by atoms with Gasteiger partial charge in [0.25, 0.3) is 0 Å². The zero-order valence-electron chi connectivity index (χ0n) is 27.9. The predicted molar refractivity (Wildman–Crippen MR) is 179 cm³/mol. The number of anilines is 3. The third-order valence-corrected chi connectivity index (χ3v) is 14.7. The number of ether oxygens (including phenoxy) is 1. The second kappa shape index (κ2) is 11.5. The number of rotatable bonds is 9. The Morgan fingerprint density at radius 2 is 1.82 bits per heavy atom. The SMILES string of the molecule is COc1cc(-n2cnc(Nc3nc(N4CCC[C@@H]4CO[Si](C)(C)C(C)(C)C)c4c(C)nn(C5CCC5)c4n3)c2)cc(C)c1C. The molecule has 44 heavy (non-hydrogen) atoms. The van der Waals surface area contributed by atoms with E-state index in [2.05, 4.69) is 80.6 Å². The zero-order chi connectivity index (χ0) is 31.4. The molecule has 1 saturated carbocycles. The van der Waals surface area contributed by atoms with Crippen LogP contribution in [0.15, 0.2) is 24.7 Å². The van der Waals surface area contributed by atoms with Crippen LogP contribution in [0.1, 0.15) is 75.7 Å². The summed E-state index contributed by atoms with van der Waals surface area (Å²) in [5.41, 5.74) is 5.17. The minimum absolute atomic E-state index is 0.169. The molecule has 0 amide bonds. The lowest BCUT2D eigenvalue weighted by Gasteiger charge is -2.38. The molecule has 6 rings (SSSR count). The Balaban J connectivity index is 1.35. The highest BCUT2D eigenvalue weighted by atomic mass is 28.4. The maximum absolute atomic E-state index is 6.74. The lowest BCUT2D eigenvalue weighted by Crippen LogP contribution is -2.45. The maximum atomic E-state index is 6.74. The zero-order valence-corrected chi connectivity index (χ0v) is 28.9. The summed E-state index contributed by atoms with van der Waals surface area (Å²) in [6.45, 7) is 19.5. The first-order valence-corrected chi connectivity index (χ1v) is 18.9. The Labute approximate surface area is 262 Å². The van der Waals surface area contributed by atoms with E-state index in [0.29, 0.717) is 24.4 Å². The van der Waals surface area contributed by atoms with Gasteiger partial charge in [0.2, 0.25) is 5.95 Å². The highest BCUT2D eigenvalue weighted by molar-refractivity contribution is 6.74. The van der Waals surface area contributed by atoms with Crippen LogP contribution in [-0.2, 0) is 4.43 Å². The normalized spacial score (nSPS) is 17.8. The van der Waals surface area contributed by atoms with E-state index < -0.39 is 8.32 Å². The first-order valence-electron chi connectivity index (χ1n) is 16.0. The maximum Gasteiger partial charge on any atom is 0.232 e. The number of hydrogen-bond acceptors (Lipinski definition) is 8. The third kappa shape index (κ3) is 5.60. The molecule has 1 atom stereocenters. The summed E-state index contributed by atoms with van der Waals surface area (Å²) in [6.07, 6.45) is 9.47. The molecule has 0 radical (unpaired) electrons. The molecular weight excluding hydrogens is 569 g/mol. The molecule has 0 spiro atoms. The first kappa shape index (κ1) is 30.6. The minimum atomic E-state index is -1.88. The van der Waals surface area contributed by atoms with Gasteiger partial charge in [-0.2, -0.15) is 15.1 Å². The number of nitrogens with one attached hydrogen (secondary N) is 1. The molecule has 1 aromatic carbocycles. The highest BCUT2D eigenvalue weighted by Gasteiger charge is 2.39. The summed E-state index contributed by atoms with van der Waals surface area (Å²) in [5.74, 6) is 3.02. The van der Waals surface area contributed by atoms with Crippen molar-refractivity contribution in [1.82, 2.24) is 29.3 Å². The van der Waals surface area contributed by atoms with Gasteiger partial charge in [0.1, 0.15) is 17.9 Å². The number of aromatic nitrogens is 6. The van der Waals surface area contributed by atoms with Gasteiger partial charge in [-0.3, -0.25) is 0 Å². The molecule has 1 aliphatic heterocycles. The largest absolute Gasteiger partial charge is 0.496 e. The standard InChI is InChI=1S/C33H48N8O2Si/c1-21-16-26(17-27(42-7)22(21)2)39-18-28(34-20-39)35-32-36-30(29-23(3)38-41(31(29)37-32)24-12-10-13-24)40-15-11-14-25(40)19-43-44(8,9)33(4,5)6/h16-18,20,24-25H,10-15,19H2,1-9H3,(H,35,36,37)/t25-/m1/s1. The molecule has 1 aliphatic carbocycles. The number of fused-ring (bicyclic) bond motifs is 1. The molecule has 1 saturated heterocycles. The van der Waals surface area contributed by atoms with Gasteiger partial charge in [0, 0.05) is 12.6 Å². The average Bonchev–Trinajstić information content (AvgIpc) is 3.67. The van der Waals surface area contributed by atoms with Gasteiger partial charge in [0.05, 0.1) is 48.8 Å². The molecule has 10 nitrogen and oxygen atoms in total. The van der Waals surface area contributed by atoms with E-state index in [9.17, 15) is 0 Å². The number of nitrogens with zero attached hydrogens (tertiary/aromatic N) is 7. The van der Waals surface area contributed by atoms with Crippen LogP contribution < -0.4 is 15.0 Å². The van der Waals surface area contributed by atoms with Crippen LogP contribution in [0.25, 0.3) is 16.7 Å². The van der Waals surface area contributed by atoms with Crippen LogP contribution in [0, 0.1) is 20.8 Å². The minimum Gasteiger partial charge on any atom is -0.496 e. The van der Waals surface area contributed by atoms with Crippen molar-refractivity contribution in [2.45, 2.75) is 104 Å². The van der Waals surface area contributed by atoms with Crippen LogP contribution in [0.4, 0.5) is 17.6 Å². The van der Waals surface area contributed by atoms with Crippen molar-refractivity contribution in [2.75, 3.05) is 30.5 Å². The van der Waals surface area contributed by atoms with Crippen molar-refractivity contribution < 1.29 is 9.16 Å². The highest BCUT2D eigenvalue weighted by Crippen LogP contribution is 2.40. The Morgan fingerprint density at radius 1 is 1.05 bits per heavy atom.